The Morgan fingerprint density at radius 1 is 1.41 bits per heavy atom. The maximum absolute atomic E-state index is 12.0. The van der Waals surface area contributed by atoms with Crippen molar-refractivity contribution in [3.05, 3.63) is 29.8 Å². The van der Waals surface area contributed by atoms with Crippen LogP contribution >= 0.6 is 0 Å². The molecule has 0 saturated heterocycles. The first-order chi connectivity index (χ1) is 8.16. The monoisotopic (exact) mass is 232 g/mol. The maximum Gasteiger partial charge on any atom is 0.251 e. The van der Waals surface area contributed by atoms with Crippen molar-refractivity contribution in [1.82, 2.24) is 5.32 Å². The molecule has 0 spiro atoms. The Hall–Kier alpha value is -1.51. The van der Waals surface area contributed by atoms with Crippen LogP contribution in [0.3, 0.4) is 0 Å². The van der Waals surface area contributed by atoms with Gasteiger partial charge >= 0.3 is 0 Å². The van der Waals surface area contributed by atoms with Crippen LogP contribution in [-0.2, 0) is 0 Å². The standard InChI is InChI=1S/C14H20N2O/c1-10(11-5-2-3-6-11)16-14(17)12-7-4-8-13(15)9-12/h4,7-11H,2-3,5-6,15H2,1H3,(H,16,17)/t10-/m0/s1. The molecule has 1 amide bonds. The van der Waals surface area contributed by atoms with E-state index in [1.165, 1.54) is 25.7 Å². The predicted molar refractivity (Wildman–Crippen MR) is 69.7 cm³/mol. The Morgan fingerprint density at radius 3 is 2.76 bits per heavy atom. The van der Waals surface area contributed by atoms with Gasteiger partial charge in [-0.2, -0.15) is 0 Å². The molecule has 3 heteroatoms. The molecule has 1 aliphatic rings. The molecule has 1 aromatic rings. The number of hydrogen-bond donors (Lipinski definition) is 2. The van der Waals surface area contributed by atoms with E-state index in [1.807, 2.05) is 6.07 Å². The second-order valence-electron chi connectivity index (χ2n) is 4.93. The van der Waals surface area contributed by atoms with Gasteiger partial charge in [0.2, 0.25) is 0 Å². The average Bonchev–Trinajstić information content (AvgIpc) is 2.82. The molecule has 3 nitrogen and oxygen atoms in total. The summed E-state index contributed by atoms with van der Waals surface area (Å²) in [7, 11) is 0. The van der Waals surface area contributed by atoms with E-state index in [9.17, 15) is 4.79 Å². The third-order valence-electron chi connectivity index (χ3n) is 3.61. The van der Waals surface area contributed by atoms with E-state index in [4.69, 9.17) is 5.73 Å². The number of benzene rings is 1. The number of nitrogens with one attached hydrogen (secondary N) is 1. The van der Waals surface area contributed by atoms with Crippen molar-refractivity contribution in [2.45, 2.75) is 38.6 Å². The second-order valence-corrected chi connectivity index (χ2v) is 4.93. The van der Waals surface area contributed by atoms with E-state index in [-0.39, 0.29) is 11.9 Å². The zero-order valence-corrected chi connectivity index (χ0v) is 10.3. The van der Waals surface area contributed by atoms with Gasteiger partial charge in [0.25, 0.3) is 5.91 Å². The number of rotatable bonds is 3. The van der Waals surface area contributed by atoms with E-state index in [2.05, 4.69) is 12.2 Å². The Morgan fingerprint density at radius 2 is 2.12 bits per heavy atom. The quantitative estimate of drug-likeness (QED) is 0.787. The number of carbonyl (C=O) groups is 1. The fourth-order valence-corrected chi connectivity index (χ4v) is 2.55. The Labute approximate surface area is 102 Å². The zero-order valence-electron chi connectivity index (χ0n) is 10.3. The Kier molecular flexibility index (Phi) is 3.67. The van der Waals surface area contributed by atoms with Gasteiger partial charge in [0, 0.05) is 17.3 Å². The van der Waals surface area contributed by atoms with Crippen LogP contribution in [-0.4, -0.2) is 11.9 Å². The van der Waals surface area contributed by atoms with E-state index >= 15 is 0 Å². The van der Waals surface area contributed by atoms with Crippen LogP contribution in [0.2, 0.25) is 0 Å². The van der Waals surface area contributed by atoms with Crippen molar-refractivity contribution in [2.24, 2.45) is 5.92 Å². The van der Waals surface area contributed by atoms with Gasteiger partial charge in [-0.1, -0.05) is 18.9 Å². The summed E-state index contributed by atoms with van der Waals surface area (Å²) in [6.07, 6.45) is 5.06. The number of carbonyl (C=O) groups excluding carboxylic acids is 1. The van der Waals surface area contributed by atoms with Crippen molar-refractivity contribution in [3.8, 4) is 0 Å². The molecule has 0 unspecified atom stereocenters. The van der Waals surface area contributed by atoms with E-state index in [1.54, 1.807) is 18.2 Å². The molecule has 1 atom stereocenters. The van der Waals surface area contributed by atoms with Crippen LogP contribution in [0.5, 0.6) is 0 Å². The molecule has 1 fully saturated rings. The lowest BCUT2D eigenvalue weighted by Gasteiger charge is -2.20. The molecule has 17 heavy (non-hydrogen) atoms. The van der Waals surface area contributed by atoms with Crippen molar-refractivity contribution < 1.29 is 4.79 Å². The smallest absolute Gasteiger partial charge is 0.251 e. The highest BCUT2D eigenvalue weighted by Gasteiger charge is 2.22. The van der Waals surface area contributed by atoms with Crippen LogP contribution in [0.4, 0.5) is 5.69 Å². The molecule has 0 bridgehead atoms. The topological polar surface area (TPSA) is 55.1 Å². The second kappa shape index (κ2) is 5.21. The van der Waals surface area contributed by atoms with Crippen molar-refractivity contribution >= 4 is 11.6 Å². The van der Waals surface area contributed by atoms with Crippen LogP contribution in [0.25, 0.3) is 0 Å². The summed E-state index contributed by atoms with van der Waals surface area (Å²) in [6, 6.07) is 7.37. The van der Waals surface area contributed by atoms with Gasteiger partial charge in [-0.25, -0.2) is 0 Å². The van der Waals surface area contributed by atoms with Crippen molar-refractivity contribution in [1.29, 1.82) is 0 Å². The molecule has 3 N–H and O–H groups in total. The molecular weight excluding hydrogens is 212 g/mol. The summed E-state index contributed by atoms with van der Waals surface area (Å²) < 4.78 is 0. The summed E-state index contributed by atoms with van der Waals surface area (Å²) in [5, 5.41) is 3.07. The third kappa shape index (κ3) is 2.99. The Balaban J connectivity index is 1.96. The highest BCUT2D eigenvalue weighted by atomic mass is 16.1. The first kappa shape index (κ1) is 12.0. The van der Waals surface area contributed by atoms with Crippen molar-refractivity contribution in [3.63, 3.8) is 0 Å². The molecule has 1 aromatic carbocycles. The number of nitrogen functional groups attached to an aromatic ring is 1. The van der Waals surface area contributed by atoms with Crippen LogP contribution in [0.1, 0.15) is 43.0 Å². The number of anilines is 1. The van der Waals surface area contributed by atoms with Gasteiger partial charge in [-0.05, 0) is 43.9 Å². The average molecular weight is 232 g/mol. The zero-order chi connectivity index (χ0) is 12.3. The normalized spacial score (nSPS) is 17.9. The summed E-state index contributed by atoms with van der Waals surface area (Å²) in [5.41, 5.74) is 6.95. The lowest BCUT2D eigenvalue weighted by Crippen LogP contribution is -2.37. The Bertz CT molecular complexity index is 397. The van der Waals surface area contributed by atoms with E-state index in [0.717, 1.165) is 0 Å². The van der Waals surface area contributed by atoms with Gasteiger partial charge < -0.3 is 11.1 Å². The molecule has 1 aliphatic carbocycles. The van der Waals surface area contributed by atoms with E-state index in [0.29, 0.717) is 17.2 Å². The van der Waals surface area contributed by atoms with E-state index < -0.39 is 0 Å². The lowest BCUT2D eigenvalue weighted by molar-refractivity contribution is 0.0927. The summed E-state index contributed by atoms with van der Waals surface area (Å²) in [5.74, 6) is 0.622. The lowest BCUT2D eigenvalue weighted by atomic mass is 9.99. The molecule has 1 saturated carbocycles. The largest absolute Gasteiger partial charge is 0.399 e. The first-order valence-corrected chi connectivity index (χ1v) is 6.33. The van der Waals surface area contributed by atoms with Crippen LogP contribution in [0, 0.1) is 5.92 Å². The molecule has 2 rings (SSSR count). The number of hydrogen-bond acceptors (Lipinski definition) is 2. The summed E-state index contributed by atoms with van der Waals surface area (Å²) in [6.45, 7) is 2.10. The van der Waals surface area contributed by atoms with Gasteiger partial charge in [0.15, 0.2) is 0 Å². The predicted octanol–water partition coefficient (Wildman–Crippen LogP) is 2.58. The van der Waals surface area contributed by atoms with Crippen LogP contribution in [0.15, 0.2) is 24.3 Å². The molecule has 0 heterocycles. The third-order valence-corrected chi connectivity index (χ3v) is 3.61. The molecule has 0 aromatic heterocycles. The van der Waals surface area contributed by atoms with Gasteiger partial charge in [0.1, 0.15) is 0 Å². The fraction of sp³-hybridized carbons (Fsp3) is 0.500. The first-order valence-electron chi connectivity index (χ1n) is 6.33. The fourth-order valence-electron chi connectivity index (χ4n) is 2.55. The van der Waals surface area contributed by atoms with Gasteiger partial charge in [-0.15, -0.1) is 0 Å². The molecular formula is C14H20N2O. The van der Waals surface area contributed by atoms with Crippen LogP contribution < -0.4 is 11.1 Å². The molecule has 0 radical (unpaired) electrons. The minimum atomic E-state index is -0.0169. The SMILES string of the molecule is C[C@H](NC(=O)c1cccc(N)c1)C1CCCC1. The maximum atomic E-state index is 12.0. The molecule has 0 aliphatic heterocycles. The summed E-state index contributed by atoms with van der Waals surface area (Å²) >= 11 is 0. The highest BCUT2D eigenvalue weighted by molar-refractivity contribution is 5.95. The van der Waals surface area contributed by atoms with Gasteiger partial charge in [0.05, 0.1) is 0 Å². The van der Waals surface area contributed by atoms with Gasteiger partial charge in [-0.3, -0.25) is 4.79 Å². The number of nitrogens with two attached hydrogens (primary N) is 1. The summed E-state index contributed by atoms with van der Waals surface area (Å²) in [4.78, 5) is 12.0. The minimum absolute atomic E-state index is 0.0169. The van der Waals surface area contributed by atoms with Crippen molar-refractivity contribution in [2.75, 3.05) is 5.73 Å². The molecule has 92 valence electrons. The number of amides is 1. The highest BCUT2D eigenvalue weighted by Crippen LogP contribution is 2.27. The minimum Gasteiger partial charge on any atom is -0.399 e.